The average molecular weight is 417 g/mol. The summed E-state index contributed by atoms with van der Waals surface area (Å²) in [6.45, 7) is 9.45. The van der Waals surface area contributed by atoms with Crippen LogP contribution in [-0.4, -0.2) is 85.8 Å². The van der Waals surface area contributed by atoms with Gasteiger partial charge in [0.25, 0.3) is 0 Å². The van der Waals surface area contributed by atoms with Gasteiger partial charge in [-0.1, -0.05) is 13.5 Å². The van der Waals surface area contributed by atoms with Crippen molar-refractivity contribution in [2.24, 2.45) is 17.3 Å². The second-order valence-electron chi connectivity index (χ2n) is 9.89. The summed E-state index contributed by atoms with van der Waals surface area (Å²) < 4.78 is 11.6. The van der Waals surface area contributed by atoms with E-state index in [0.717, 1.165) is 12.8 Å². The van der Waals surface area contributed by atoms with Crippen molar-refractivity contribution in [2.45, 2.75) is 95.0 Å². The molecule has 0 unspecified atom stereocenters. The van der Waals surface area contributed by atoms with Crippen molar-refractivity contribution in [1.82, 2.24) is 0 Å². The highest BCUT2D eigenvalue weighted by atomic mass is 16.7. The molecule has 0 amide bonds. The third kappa shape index (κ3) is 4.14. The summed E-state index contributed by atoms with van der Waals surface area (Å²) >= 11 is 0. The van der Waals surface area contributed by atoms with E-state index in [2.05, 4.69) is 13.5 Å². The van der Waals surface area contributed by atoms with Gasteiger partial charge in [-0.25, -0.2) is 0 Å². The molecule has 3 fully saturated rings. The Balaban J connectivity index is 1.72. The molecule has 0 aromatic rings. The van der Waals surface area contributed by atoms with Gasteiger partial charge in [0.05, 0.1) is 18.3 Å². The van der Waals surface area contributed by atoms with Crippen molar-refractivity contribution >= 4 is 0 Å². The summed E-state index contributed by atoms with van der Waals surface area (Å²) in [5.74, 6) is 0.101. The van der Waals surface area contributed by atoms with Gasteiger partial charge in [0.15, 0.2) is 6.29 Å². The van der Waals surface area contributed by atoms with Crippen LogP contribution in [0.4, 0.5) is 0 Å². The fourth-order valence-corrected chi connectivity index (χ4v) is 5.44. The van der Waals surface area contributed by atoms with Gasteiger partial charge >= 0.3 is 0 Å². The third-order valence-electron chi connectivity index (χ3n) is 7.54. The Morgan fingerprint density at radius 1 is 1.14 bits per heavy atom. The van der Waals surface area contributed by atoms with Crippen molar-refractivity contribution < 1.29 is 40.1 Å². The minimum atomic E-state index is -1.48. The minimum absolute atomic E-state index is 0.0392. The second kappa shape index (κ2) is 8.16. The minimum Gasteiger partial charge on any atom is -0.394 e. The lowest BCUT2D eigenvalue weighted by molar-refractivity contribution is -0.330. The molecule has 1 heterocycles. The Morgan fingerprint density at radius 3 is 2.41 bits per heavy atom. The maximum Gasteiger partial charge on any atom is 0.187 e. The summed E-state index contributed by atoms with van der Waals surface area (Å²) in [7, 11) is 0. The Morgan fingerprint density at radius 2 is 1.79 bits per heavy atom. The zero-order chi connectivity index (χ0) is 21.7. The molecular formula is C21H36O8. The van der Waals surface area contributed by atoms with E-state index in [1.165, 1.54) is 0 Å². The maximum absolute atomic E-state index is 10.3. The molecule has 6 N–H and O–H groups in total. The van der Waals surface area contributed by atoms with Crippen LogP contribution in [0, 0.1) is 17.3 Å². The summed E-state index contributed by atoms with van der Waals surface area (Å²) in [5, 5.41) is 60.1. The van der Waals surface area contributed by atoms with Crippen LogP contribution in [0.1, 0.15) is 46.5 Å². The lowest BCUT2D eigenvalue weighted by atomic mass is 9.54. The fraction of sp³-hybridized carbons (Fsp3) is 0.905. The molecule has 0 bridgehead atoms. The Bertz CT molecular complexity index is 607. The smallest absolute Gasteiger partial charge is 0.187 e. The van der Waals surface area contributed by atoms with Gasteiger partial charge in [0.1, 0.15) is 30.5 Å². The van der Waals surface area contributed by atoms with Gasteiger partial charge in [-0.15, -0.1) is 0 Å². The Labute approximate surface area is 171 Å². The van der Waals surface area contributed by atoms with Gasteiger partial charge in [-0.2, -0.15) is 0 Å². The van der Waals surface area contributed by atoms with Crippen LogP contribution in [0.2, 0.25) is 0 Å². The molecule has 3 aliphatic rings. The first kappa shape index (κ1) is 23.1. The molecule has 2 aliphatic carbocycles. The number of aliphatic hydroxyl groups excluding tert-OH is 6. The predicted molar refractivity (Wildman–Crippen MR) is 104 cm³/mol. The fourth-order valence-electron chi connectivity index (χ4n) is 5.44. The zero-order valence-electron chi connectivity index (χ0n) is 17.4. The van der Waals surface area contributed by atoms with Gasteiger partial charge in [-0.05, 0) is 62.4 Å². The summed E-state index contributed by atoms with van der Waals surface area (Å²) in [6, 6.07) is 0. The molecule has 3 rings (SSSR count). The second-order valence-corrected chi connectivity index (χ2v) is 9.89. The molecule has 0 aromatic heterocycles. The molecule has 29 heavy (non-hydrogen) atoms. The first-order valence-electron chi connectivity index (χ1n) is 10.4. The van der Waals surface area contributed by atoms with E-state index in [1.807, 2.05) is 13.8 Å². The molecule has 0 aromatic carbocycles. The number of hydrogen-bond donors (Lipinski definition) is 6. The highest BCUT2D eigenvalue weighted by Crippen LogP contribution is 2.55. The number of aliphatic hydroxyl groups is 6. The lowest BCUT2D eigenvalue weighted by Gasteiger charge is -2.54. The third-order valence-corrected chi connectivity index (χ3v) is 7.54. The van der Waals surface area contributed by atoms with Gasteiger partial charge < -0.3 is 40.1 Å². The maximum atomic E-state index is 10.3. The SMILES string of the molecule is C=C1[C@@H](O)[C@H](O)C[C@@]2(C)CC[C@@H](C(C)(C)O[C@@H]3O[C@H](CO)[C@@H](O)[C@H](O)[C@H]3O)C[C@@H]12. The van der Waals surface area contributed by atoms with E-state index in [-0.39, 0.29) is 17.3 Å². The molecule has 168 valence electrons. The largest absolute Gasteiger partial charge is 0.394 e. The topological polar surface area (TPSA) is 140 Å². The zero-order valence-corrected chi connectivity index (χ0v) is 17.4. The van der Waals surface area contributed by atoms with Crippen LogP contribution in [0.5, 0.6) is 0 Å². The molecule has 0 radical (unpaired) electrons. The molecule has 8 nitrogen and oxygen atoms in total. The summed E-state index contributed by atoms with van der Waals surface area (Å²) in [4.78, 5) is 0. The van der Waals surface area contributed by atoms with Crippen LogP contribution in [0.3, 0.4) is 0 Å². The van der Waals surface area contributed by atoms with Crippen molar-refractivity contribution in [2.75, 3.05) is 6.61 Å². The summed E-state index contributed by atoms with van der Waals surface area (Å²) in [6.07, 6.45) is -5.36. The molecule has 8 heteroatoms. The average Bonchev–Trinajstić information content (AvgIpc) is 2.66. The monoisotopic (exact) mass is 416 g/mol. The number of rotatable bonds is 4. The molecule has 0 spiro atoms. The normalized spacial score (nSPS) is 49.0. The quantitative estimate of drug-likeness (QED) is 0.343. The van der Waals surface area contributed by atoms with Crippen LogP contribution >= 0.6 is 0 Å². The number of hydrogen-bond acceptors (Lipinski definition) is 8. The van der Waals surface area contributed by atoms with Crippen LogP contribution in [0.15, 0.2) is 12.2 Å². The van der Waals surface area contributed by atoms with Gasteiger partial charge in [0, 0.05) is 0 Å². The van der Waals surface area contributed by atoms with E-state index in [1.54, 1.807) is 0 Å². The van der Waals surface area contributed by atoms with Gasteiger partial charge in [-0.3, -0.25) is 0 Å². The molecule has 1 aliphatic heterocycles. The molecular weight excluding hydrogens is 380 g/mol. The van der Waals surface area contributed by atoms with Gasteiger partial charge in [0.2, 0.25) is 0 Å². The van der Waals surface area contributed by atoms with E-state index in [9.17, 15) is 30.6 Å². The van der Waals surface area contributed by atoms with E-state index < -0.39 is 55.1 Å². The van der Waals surface area contributed by atoms with Crippen molar-refractivity contribution in [3.8, 4) is 0 Å². The van der Waals surface area contributed by atoms with Crippen LogP contribution < -0.4 is 0 Å². The molecule has 2 saturated carbocycles. The lowest BCUT2D eigenvalue weighted by Crippen LogP contribution is -2.61. The van der Waals surface area contributed by atoms with E-state index >= 15 is 0 Å². The Hall–Kier alpha value is -0.580. The summed E-state index contributed by atoms with van der Waals surface area (Å²) in [5.41, 5.74) is -0.221. The highest BCUT2D eigenvalue weighted by Gasteiger charge is 2.53. The number of ether oxygens (including phenoxy) is 2. The molecule has 1 saturated heterocycles. The van der Waals surface area contributed by atoms with E-state index in [4.69, 9.17) is 9.47 Å². The van der Waals surface area contributed by atoms with Crippen LogP contribution in [-0.2, 0) is 9.47 Å². The first-order chi connectivity index (χ1) is 13.4. The standard InChI is InChI=1S/C21H36O8/c1-10-12-7-11(5-6-21(12,4)8-13(23)15(10)24)20(2,3)29-19-18(27)17(26)16(25)14(9-22)28-19/h11-19,22-27H,1,5-9H2,2-4H3/t11-,12+,13-,14-,15-,16-,17+,18-,19+,21-/m1/s1. The van der Waals surface area contributed by atoms with Crippen LogP contribution in [0.25, 0.3) is 0 Å². The van der Waals surface area contributed by atoms with Crippen molar-refractivity contribution in [1.29, 1.82) is 0 Å². The Kier molecular flexibility index (Phi) is 6.50. The van der Waals surface area contributed by atoms with Crippen molar-refractivity contribution in [3.05, 3.63) is 12.2 Å². The van der Waals surface area contributed by atoms with Crippen molar-refractivity contribution in [3.63, 3.8) is 0 Å². The molecule has 10 atom stereocenters. The highest BCUT2D eigenvalue weighted by molar-refractivity contribution is 5.20. The predicted octanol–water partition coefficient (Wildman–Crippen LogP) is -0.314. The first-order valence-corrected chi connectivity index (χ1v) is 10.4. The van der Waals surface area contributed by atoms with E-state index in [0.29, 0.717) is 18.4 Å². The number of fused-ring (bicyclic) bond motifs is 1.